The maximum Gasteiger partial charge on any atom is 0.264 e. The van der Waals surface area contributed by atoms with E-state index in [4.69, 9.17) is 4.98 Å². The third-order valence-corrected chi connectivity index (χ3v) is 6.84. The number of hydrogen-bond acceptors (Lipinski definition) is 3. The van der Waals surface area contributed by atoms with Gasteiger partial charge in [-0.15, -0.1) is 0 Å². The molecular weight excluding hydrogens is 374 g/mol. The minimum Gasteiger partial charge on any atom is -0.356 e. The van der Waals surface area contributed by atoms with Crippen molar-refractivity contribution >= 4 is 22.5 Å². The van der Waals surface area contributed by atoms with Crippen molar-refractivity contribution < 1.29 is 0 Å². The van der Waals surface area contributed by atoms with E-state index in [1.165, 1.54) is 10.9 Å². The molecular formula is C24H29N5O. The second-order valence-corrected chi connectivity index (χ2v) is 8.44. The van der Waals surface area contributed by atoms with Crippen molar-refractivity contribution in [2.24, 2.45) is 7.05 Å². The van der Waals surface area contributed by atoms with E-state index in [1.54, 1.807) is 0 Å². The third-order valence-electron chi connectivity index (χ3n) is 6.84. The van der Waals surface area contributed by atoms with Crippen molar-refractivity contribution in [1.29, 1.82) is 0 Å². The van der Waals surface area contributed by atoms with E-state index < -0.39 is 0 Å². The summed E-state index contributed by atoms with van der Waals surface area (Å²) in [7, 11) is 2.00. The lowest BCUT2D eigenvalue weighted by Gasteiger charge is -2.34. The lowest BCUT2D eigenvalue weighted by atomic mass is 10.0. The average Bonchev–Trinajstić information content (AvgIpc) is 3.29. The average molecular weight is 404 g/mol. The van der Waals surface area contributed by atoms with Gasteiger partial charge < -0.3 is 14.0 Å². The maximum atomic E-state index is 13.3. The summed E-state index contributed by atoms with van der Waals surface area (Å²) in [6.07, 6.45) is 5.04. The topological polar surface area (TPSA) is 47.5 Å². The minimum atomic E-state index is 0.0808. The predicted octanol–water partition coefficient (Wildman–Crippen LogP) is 4.01. The Kier molecular flexibility index (Phi) is 4.45. The van der Waals surface area contributed by atoms with Gasteiger partial charge in [-0.05, 0) is 50.6 Å². The highest BCUT2D eigenvalue weighted by Crippen LogP contribution is 2.32. The number of aromatic nitrogens is 4. The number of nitrogens with zero attached hydrogens (tertiary/aromatic N) is 5. The fraction of sp³-hybridized carbons (Fsp3) is 0.417. The van der Waals surface area contributed by atoms with Crippen molar-refractivity contribution in [3.8, 4) is 0 Å². The molecule has 1 aliphatic rings. The van der Waals surface area contributed by atoms with E-state index in [0.29, 0.717) is 12.5 Å². The summed E-state index contributed by atoms with van der Waals surface area (Å²) in [6, 6.07) is 11.3. The largest absolute Gasteiger partial charge is 0.356 e. The standard InChI is InChI=1S/C24H29N5O/c1-5-20-16(2)25-24-26(4)17(3)22(29(24)23(20)30)27-13-11-19(12-14-27)28-15-10-18-8-6-7-9-21(18)28/h6-10,15,19H,5,11-14H2,1-4H3. The lowest BCUT2D eigenvalue weighted by Crippen LogP contribution is -2.37. The van der Waals surface area contributed by atoms with Gasteiger partial charge in [-0.3, -0.25) is 4.79 Å². The highest BCUT2D eigenvalue weighted by molar-refractivity contribution is 5.80. The molecule has 0 atom stereocenters. The van der Waals surface area contributed by atoms with Gasteiger partial charge in [0.1, 0.15) is 5.82 Å². The van der Waals surface area contributed by atoms with Crippen LogP contribution in [0.25, 0.3) is 16.7 Å². The normalized spacial score (nSPS) is 15.5. The Morgan fingerprint density at radius 1 is 1.10 bits per heavy atom. The van der Waals surface area contributed by atoms with Gasteiger partial charge in [0.05, 0.1) is 5.69 Å². The highest BCUT2D eigenvalue weighted by atomic mass is 16.1. The van der Waals surface area contributed by atoms with Crippen molar-refractivity contribution in [2.75, 3.05) is 18.0 Å². The van der Waals surface area contributed by atoms with Gasteiger partial charge in [0.25, 0.3) is 5.56 Å². The van der Waals surface area contributed by atoms with E-state index in [9.17, 15) is 4.79 Å². The van der Waals surface area contributed by atoms with Gasteiger partial charge in [0.15, 0.2) is 0 Å². The first-order valence-corrected chi connectivity index (χ1v) is 10.9. The van der Waals surface area contributed by atoms with Crippen LogP contribution in [0.4, 0.5) is 5.82 Å². The SMILES string of the molecule is CCc1c(C)nc2n(C)c(C)c(N3CCC(n4ccc5ccccc54)CC3)n2c1=O. The summed E-state index contributed by atoms with van der Waals surface area (Å²) in [4.78, 5) is 20.4. The summed E-state index contributed by atoms with van der Waals surface area (Å²) >= 11 is 0. The van der Waals surface area contributed by atoms with Crippen LogP contribution in [-0.2, 0) is 13.5 Å². The predicted molar refractivity (Wildman–Crippen MR) is 122 cm³/mol. The van der Waals surface area contributed by atoms with Gasteiger partial charge in [-0.2, -0.15) is 0 Å². The zero-order valence-electron chi connectivity index (χ0n) is 18.2. The number of benzene rings is 1. The minimum absolute atomic E-state index is 0.0808. The van der Waals surface area contributed by atoms with E-state index in [1.807, 2.05) is 25.3 Å². The number of piperidine rings is 1. The Morgan fingerprint density at radius 3 is 2.57 bits per heavy atom. The third kappa shape index (κ3) is 2.70. The van der Waals surface area contributed by atoms with E-state index in [0.717, 1.165) is 54.5 Å². The number of fused-ring (bicyclic) bond motifs is 2. The highest BCUT2D eigenvalue weighted by Gasteiger charge is 2.27. The Morgan fingerprint density at radius 2 is 1.83 bits per heavy atom. The van der Waals surface area contributed by atoms with Crippen LogP contribution in [-0.4, -0.2) is 31.6 Å². The molecule has 30 heavy (non-hydrogen) atoms. The van der Waals surface area contributed by atoms with Crippen LogP contribution < -0.4 is 10.5 Å². The molecule has 1 fully saturated rings. The summed E-state index contributed by atoms with van der Waals surface area (Å²) in [5, 5.41) is 1.30. The van der Waals surface area contributed by atoms with Gasteiger partial charge in [0.2, 0.25) is 5.78 Å². The molecule has 0 saturated carbocycles. The van der Waals surface area contributed by atoms with Crippen molar-refractivity contribution in [2.45, 2.75) is 46.1 Å². The van der Waals surface area contributed by atoms with Crippen LogP contribution in [0, 0.1) is 13.8 Å². The molecule has 4 heterocycles. The summed E-state index contributed by atoms with van der Waals surface area (Å²) in [6.45, 7) is 7.92. The Bertz CT molecular complexity index is 1300. The van der Waals surface area contributed by atoms with Crippen LogP contribution >= 0.6 is 0 Å². The van der Waals surface area contributed by atoms with E-state index in [-0.39, 0.29) is 5.56 Å². The first kappa shape index (κ1) is 19.0. The second kappa shape index (κ2) is 7.04. The molecule has 0 aliphatic carbocycles. The fourth-order valence-corrected chi connectivity index (χ4v) is 5.08. The molecule has 0 N–H and O–H groups in total. The van der Waals surface area contributed by atoms with Crippen LogP contribution in [0.5, 0.6) is 0 Å². The van der Waals surface area contributed by atoms with Crippen LogP contribution in [0.15, 0.2) is 41.3 Å². The van der Waals surface area contributed by atoms with E-state index in [2.05, 4.69) is 57.5 Å². The number of anilines is 1. The van der Waals surface area contributed by atoms with Gasteiger partial charge in [-0.1, -0.05) is 25.1 Å². The molecule has 0 bridgehead atoms. The lowest BCUT2D eigenvalue weighted by molar-refractivity contribution is 0.403. The molecule has 4 aromatic rings. The molecule has 6 heteroatoms. The molecule has 0 spiro atoms. The molecule has 5 rings (SSSR count). The smallest absolute Gasteiger partial charge is 0.264 e. The number of aryl methyl sites for hydroxylation is 2. The van der Waals surface area contributed by atoms with Crippen LogP contribution in [0.2, 0.25) is 0 Å². The first-order chi connectivity index (χ1) is 14.5. The molecule has 3 aromatic heterocycles. The summed E-state index contributed by atoms with van der Waals surface area (Å²) in [5.41, 5.74) is 4.14. The van der Waals surface area contributed by atoms with Crippen LogP contribution in [0.1, 0.15) is 42.8 Å². The number of rotatable bonds is 3. The summed E-state index contributed by atoms with van der Waals surface area (Å²) < 4.78 is 6.32. The quantitative estimate of drug-likeness (QED) is 0.519. The number of para-hydroxylation sites is 1. The van der Waals surface area contributed by atoms with Crippen molar-refractivity contribution in [3.05, 3.63) is 63.8 Å². The molecule has 1 aromatic carbocycles. The fourth-order valence-electron chi connectivity index (χ4n) is 5.08. The zero-order chi connectivity index (χ0) is 21.0. The van der Waals surface area contributed by atoms with Gasteiger partial charge in [0, 0.05) is 49.1 Å². The molecule has 0 unspecified atom stereocenters. The number of hydrogen-bond donors (Lipinski definition) is 0. The first-order valence-electron chi connectivity index (χ1n) is 10.9. The number of imidazole rings is 1. The molecule has 1 aliphatic heterocycles. The molecule has 0 radical (unpaired) electrons. The summed E-state index contributed by atoms with van der Waals surface area (Å²) in [5.74, 6) is 1.75. The Labute approximate surface area is 176 Å². The van der Waals surface area contributed by atoms with Gasteiger partial charge >= 0.3 is 0 Å². The molecule has 1 saturated heterocycles. The van der Waals surface area contributed by atoms with Crippen molar-refractivity contribution in [1.82, 2.24) is 18.5 Å². The molecule has 6 nitrogen and oxygen atoms in total. The monoisotopic (exact) mass is 403 g/mol. The zero-order valence-corrected chi connectivity index (χ0v) is 18.2. The Balaban J connectivity index is 1.51. The molecule has 0 amide bonds. The maximum absolute atomic E-state index is 13.3. The Hall–Kier alpha value is -3.02. The molecule has 156 valence electrons. The van der Waals surface area contributed by atoms with E-state index >= 15 is 0 Å². The van der Waals surface area contributed by atoms with Crippen LogP contribution in [0.3, 0.4) is 0 Å². The second-order valence-electron chi connectivity index (χ2n) is 8.44. The van der Waals surface area contributed by atoms with Crippen molar-refractivity contribution in [3.63, 3.8) is 0 Å². The van der Waals surface area contributed by atoms with Gasteiger partial charge in [-0.25, -0.2) is 9.38 Å².